The summed E-state index contributed by atoms with van der Waals surface area (Å²) in [5.74, 6) is 0. The highest BCUT2D eigenvalue weighted by molar-refractivity contribution is 7.89. The van der Waals surface area contributed by atoms with Crippen molar-refractivity contribution in [1.29, 1.82) is 0 Å². The van der Waals surface area contributed by atoms with Crippen molar-refractivity contribution in [3.05, 3.63) is 50.9 Å². The summed E-state index contributed by atoms with van der Waals surface area (Å²) in [7, 11) is -3.70. The summed E-state index contributed by atoms with van der Waals surface area (Å²) in [6, 6.07) is 5.61. The Hall–Kier alpha value is -1.16. The summed E-state index contributed by atoms with van der Waals surface area (Å²) in [6.45, 7) is 3.51. The molecule has 0 radical (unpaired) electrons. The number of aromatic nitrogens is 2. The average molecular weight is 428 g/mol. The Kier molecular flexibility index (Phi) is 7.03. The van der Waals surface area contributed by atoms with Gasteiger partial charge in [0.05, 0.1) is 21.8 Å². The molecule has 3 N–H and O–H groups in total. The van der Waals surface area contributed by atoms with Gasteiger partial charge in [0, 0.05) is 12.1 Å². The lowest BCUT2D eigenvalue weighted by molar-refractivity contribution is 0.498. The van der Waals surface area contributed by atoms with Crippen molar-refractivity contribution in [2.24, 2.45) is 5.73 Å². The Balaban J connectivity index is 0.00000312. The van der Waals surface area contributed by atoms with Crippen molar-refractivity contribution in [2.45, 2.75) is 24.3 Å². The van der Waals surface area contributed by atoms with Crippen LogP contribution in [0.15, 0.2) is 40.2 Å². The van der Waals surface area contributed by atoms with E-state index in [1.54, 1.807) is 13.8 Å². The van der Waals surface area contributed by atoms with Gasteiger partial charge in [-0.25, -0.2) is 13.1 Å². The van der Waals surface area contributed by atoms with Crippen molar-refractivity contribution < 1.29 is 8.42 Å². The summed E-state index contributed by atoms with van der Waals surface area (Å²) in [5, 5.41) is 3.77. The normalized spacial score (nSPS) is 11.9. The predicted molar refractivity (Wildman–Crippen MR) is 101 cm³/mol. The van der Waals surface area contributed by atoms with Gasteiger partial charge < -0.3 is 5.73 Å². The molecule has 138 valence electrons. The van der Waals surface area contributed by atoms with E-state index in [1.807, 2.05) is 0 Å². The molecule has 0 unspecified atom stereocenters. The number of nitrogens with one attached hydrogen (secondary N) is 1. The topological polar surface area (TPSA) is 107 Å². The molecule has 2 aromatic rings. The summed E-state index contributed by atoms with van der Waals surface area (Å²) < 4.78 is 27.9. The SMILES string of the molecule is CC(C)(N)CNS(=O)(=O)c1ccc(-n2ncc(Cl)c(Cl)c2=O)cc1.Cl. The number of sulfonamides is 1. The highest BCUT2D eigenvalue weighted by Crippen LogP contribution is 2.17. The largest absolute Gasteiger partial charge is 0.324 e. The fourth-order valence-electron chi connectivity index (χ4n) is 1.73. The lowest BCUT2D eigenvalue weighted by Crippen LogP contribution is -2.45. The summed E-state index contributed by atoms with van der Waals surface area (Å²) in [5.41, 5.74) is 4.85. The first kappa shape index (κ1) is 21.9. The van der Waals surface area contributed by atoms with Crippen LogP contribution in [-0.2, 0) is 10.0 Å². The van der Waals surface area contributed by atoms with Crippen LogP contribution in [0.5, 0.6) is 0 Å². The van der Waals surface area contributed by atoms with E-state index in [9.17, 15) is 13.2 Å². The predicted octanol–water partition coefficient (Wildman–Crippen LogP) is 1.98. The number of benzene rings is 1. The minimum Gasteiger partial charge on any atom is -0.324 e. The third-order valence-corrected chi connectivity index (χ3v) is 5.15. The van der Waals surface area contributed by atoms with Crippen LogP contribution in [0.4, 0.5) is 0 Å². The second kappa shape index (κ2) is 8.03. The van der Waals surface area contributed by atoms with Crippen LogP contribution < -0.4 is 16.0 Å². The Morgan fingerprint density at radius 3 is 2.32 bits per heavy atom. The fourth-order valence-corrected chi connectivity index (χ4v) is 3.20. The van der Waals surface area contributed by atoms with Crippen LogP contribution in [0, 0.1) is 0 Å². The van der Waals surface area contributed by atoms with Gasteiger partial charge in [0.25, 0.3) is 5.56 Å². The standard InChI is InChI=1S/C14H16Cl2N4O3S.ClH/c1-14(2,17)8-19-24(22,23)10-5-3-9(4-6-10)20-13(21)12(16)11(15)7-18-20;/h3-7,19H,8,17H2,1-2H3;1H. The van der Waals surface area contributed by atoms with Crippen molar-refractivity contribution >= 4 is 45.6 Å². The first-order valence-electron chi connectivity index (χ1n) is 6.83. The summed E-state index contributed by atoms with van der Waals surface area (Å²) >= 11 is 11.5. The summed E-state index contributed by atoms with van der Waals surface area (Å²) in [4.78, 5) is 12.1. The van der Waals surface area contributed by atoms with E-state index >= 15 is 0 Å². The van der Waals surface area contributed by atoms with Gasteiger partial charge in [0.2, 0.25) is 10.0 Å². The number of rotatable bonds is 5. The molecule has 1 heterocycles. The van der Waals surface area contributed by atoms with E-state index in [0.717, 1.165) is 4.68 Å². The highest BCUT2D eigenvalue weighted by atomic mass is 35.5. The van der Waals surface area contributed by atoms with Gasteiger partial charge in [-0.1, -0.05) is 23.2 Å². The molecule has 0 amide bonds. The van der Waals surface area contributed by atoms with Gasteiger partial charge in [-0.05, 0) is 38.1 Å². The Bertz CT molecular complexity index is 906. The maximum absolute atomic E-state index is 12.2. The molecular formula is C14H17Cl3N4O3S. The van der Waals surface area contributed by atoms with Crippen molar-refractivity contribution in [2.75, 3.05) is 6.54 Å². The quantitative estimate of drug-likeness (QED) is 0.758. The van der Waals surface area contributed by atoms with E-state index in [2.05, 4.69) is 9.82 Å². The van der Waals surface area contributed by atoms with E-state index < -0.39 is 21.1 Å². The van der Waals surface area contributed by atoms with Crippen LogP contribution >= 0.6 is 35.6 Å². The third kappa shape index (κ3) is 5.40. The lowest BCUT2D eigenvalue weighted by Gasteiger charge is -2.19. The monoisotopic (exact) mass is 426 g/mol. The number of hydrogen-bond acceptors (Lipinski definition) is 5. The fraction of sp³-hybridized carbons (Fsp3) is 0.286. The van der Waals surface area contributed by atoms with Crippen LogP contribution in [0.1, 0.15) is 13.8 Å². The molecule has 0 spiro atoms. The molecular weight excluding hydrogens is 411 g/mol. The highest BCUT2D eigenvalue weighted by Gasteiger charge is 2.19. The van der Waals surface area contributed by atoms with Gasteiger partial charge in [0.15, 0.2) is 0 Å². The Morgan fingerprint density at radius 1 is 1.24 bits per heavy atom. The van der Waals surface area contributed by atoms with Crippen molar-refractivity contribution in [3.63, 3.8) is 0 Å². The van der Waals surface area contributed by atoms with E-state index in [0.29, 0.717) is 5.69 Å². The first-order valence-corrected chi connectivity index (χ1v) is 9.07. The second-order valence-corrected chi connectivity index (χ2v) is 8.38. The van der Waals surface area contributed by atoms with Crippen molar-refractivity contribution in [3.8, 4) is 5.69 Å². The smallest absolute Gasteiger partial charge is 0.291 e. The van der Waals surface area contributed by atoms with Gasteiger partial charge in [-0.3, -0.25) is 4.79 Å². The molecule has 0 saturated carbocycles. The zero-order valence-electron chi connectivity index (χ0n) is 13.4. The molecule has 25 heavy (non-hydrogen) atoms. The lowest BCUT2D eigenvalue weighted by atomic mass is 10.1. The minimum atomic E-state index is -3.70. The number of hydrogen-bond donors (Lipinski definition) is 2. The maximum Gasteiger partial charge on any atom is 0.291 e. The van der Waals surface area contributed by atoms with Crippen LogP contribution in [-0.4, -0.2) is 30.3 Å². The molecule has 1 aromatic carbocycles. The van der Waals surface area contributed by atoms with E-state index in [4.69, 9.17) is 28.9 Å². The molecule has 0 fully saturated rings. The second-order valence-electron chi connectivity index (χ2n) is 5.83. The van der Waals surface area contributed by atoms with E-state index in [-0.39, 0.29) is 33.9 Å². The molecule has 0 aliphatic heterocycles. The molecule has 0 aliphatic rings. The molecule has 11 heteroatoms. The Morgan fingerprint density at radius 2 is 1.80 bits per heavy atom. The molecule has 0 aliphatic carbocycles. The average Bonchev–Trinajstić information content (AvgIpc) is 2.51. The van der Waals surface area contributed by atoms with Gasteiger partial charge >= 0.3 is 0 Å². The van der Waals surface area contributed by atoms with E-state index in [1.165, 1.54) is 30.5 Å². The molecule has 0 saturated heterocycles. The van der Waals surface area contributed by atoms with Crippen molar-refractivity contribution in [1.82, 2.24) is 14.5 Å². The van der Waals surface area contributed by atoms with Crippen LogP contribution in [0.25, 0.3) is 5.69 Å². The zero-order valence-corrected chi connectivity index (χ0v) is 16.5. The van der Waals surface area contributed by atoms with Gasteiger partial charge in [0.1, 0.15) is 5.02 Å². The minimum absolute atomic E-state index is 0. The number of halogens is 3. The zero-order chi connectivity index (χ0) is 18.1. The van der Waals surface area contributed by atoms with Crippen LogP contribution in [0.3, 0.4) is 0 Å². The first-order chi connectivity index (χ1) is 11.0. The van der Waals surface area contributed by atoms with Crippen LogP contribution in [0.2, 0.25) is 10.0 Å². The summed E-state index contributed by atoms with van der Waals surface area (Å²) in [6.07, 6.45) is 1.24. The maximum atomic E-state index is 12.2. The molecule has 2 rings (SSSR count). The Labute approximate surface area is 161 Å². The molecule has 7 nitrogen and oxygen atoms in total. The van der Waals surface area contributed by atoms with Gasteiger partial charge in [-0.15, -0.1) is 12.4 Å². The third-order valence-electron chi connectivity index (χ3n) is 2.99. The number of nitrogens with zero attached hydrogens (tertiary/aromatic N) is 2. The molecule has 0 atom stereocenters. The molecule has 1 aromatic heterocycles. The number of nitrogens with two attached hydrogens (primary N) is 1. The van der Waals surface area contributed by atoms with Gasteiger partial charge in [-0.2, -0.15) is 9.78 Å². The molecule has 0 bridgehead atoms.